The second-order valence-corrected chi connectivity index (χ2v) is 6.23. The van der Waals surface area contributed by atoms with E-state index in [-0.39, 0.29) is 0 Å². The zero-order valence-electron chi connectivity index (χ0n) is 11.5. The fourth-order valence-electron chi connectivity index (χ4n) is 2.61. The first-order chi connectivity index (χ1) is 7.49. The summed E-state index contributed by atoms with van der Waals surface area (Å²) in [5.74, 6) is 0.886. The molecule has 96 valence electrons. The standard InChI is InChI=1S/C13H29N3/c1-13(2,11-16(3)4)10-15-9-12-5-7-14-8-6-12/h12,14-15H,5-11H2,1-4H3. The lowest BCUT2D eigenvalue weighted by Crippen LogP contribution is -2.40. The Hall–Kier alpha value is -0.120. The van der Waals surface area contributed by atoms with E-state index in [0.29, 0.717) is 5.41 Å². The smallest absolute Gasteiger partial charge is 0.00387 e. The third-order valence-electron chi connectivity index (χ3n) is 3.24. The van der Waals surface area contributed by atoms with Gasteiger partial charge in [0.15, 0.2) is 0 Å². The molecule has 1 fully saturated rings. The molecule has 0 radical (unpaired) electrons. The van der Waals surface area contributed by atoms with E-state index in [0.717, 1.165) is 19.0 Å². The summed E-state index contributed by atoms with van der Waals surface area (Å²) >= 11 is 0. The summed E-state index contributed by atoms with van der Waals surface area (Å²) in [5, 5.41) is 7.06. The molecule has 0 spiro atoms. The van der Waals surface area contributed by atoms with Gasteiger partial charge in [0, 0.05) is 13.1 Å². The van der Waals surface area contributed by atoms with Crippen molar-refractivity contribution in [2.75, 3.05) is 46.8 Å². The highest BCUT2D eigenvalue weighted by molar-refractivity contribution is 4.76. The first-order valence-electron chi connectivity index (χ1n) is 6.56. The molecule has 0 aromatic carbocycles. The maximum absolute atomic E-state index is 3.65. The lowest BCUT2D eigenvalue weighted by Gasteiger charge is -2.30. The highest BCUT2D eigenvalue weighted by atomic mass is 15.1. The van der Waals surface area contributed by atoms with E-state index in [4.69, 9.17) is 0 Å². The molecule has 3 heteroatoms. The number of piperidine rings is 1. The van der Waals surface area contributed by atoms with Crippen LogP contribution >= 0.6 is 0 Å². The van der Waals surface area contributed by atoms with Gasteiger partial charge in [0.1, 0.15) is 0 Å². The Bertz CT molecular complexity index is 184. The Morgan fingerprint density at radius 1 is 1.25 bits per heavy atom. The second kappa shape index (κ2) is 6.58. The third kappa shape index (κ3) is 5.83. The van der Waals surface area contributed by atoms with Gasteiger partial charge in [-0.3, -0.25) is 0 Å². The van der Waals surface area contributed by atoms with Crippen LogP contribution in [0, 0.1) is 11.3 Å². The second-order valence-electron chi connectivity index (χ2n) is 6.23. The lowest BCUT2D eigenvalue weighted by molar-refractivity contribution is 0.225. The van der Waals surface area contributed by atoms with Crippen molar-refractivity contribution in [3.63, 3.8) is 0 Å². The Labute approximate surface area is 101 Å². The minimum absolute atomic E-state index is 0.371. The molecule has 1 heterocycles. The number of rotatable bonds is 6. The van der Waals surface area contributed by atoms with Gasteiger partial charge in [-0.25, -0.2) is 0 Å². The van der Waals surface area contributed by atoms with E-state index in [9.17, 15) is 0 Å². The topological polar surface area (TPSA) is 27.3 Å². The zero-order chi connectivity index (χ0) is 12.0. The number of nitrogens with one attached hydrogen (secondary N) is 2. The Balaban J connectivity index is 2.13. The molecule has 16 heavy (non-hydrogen) atoms. The highest BCUT2D eigenvalue weighted by Gasteiger charge is 2.19. The fourth-order valence-corrected chi connectivity index (χ4v) is 2.61. The predicted molar refractivity (Wildman–Crippen MR) is 70.8 cm³/mol. The van der Waals surface area contributed by atoms with Gasteiger partial charge in [-0.1, -0.05) is 13.8 Å². The quantitative estimate of drug-likeness (QED) is 0.713. The molecule has 3 nitrogen and oxygen atoms in total. The molecule has 0 unspecified atom stereocenters. The van der Waals surface area contributed by atoms with Gasteiger partial charge >= 0.3 is 0 Å². The minimum Gasteiger partial charge on any atom is -0.317 e. The van der Waals surface area contributed by atoms with Crippen LogP contribution in [-0.4, -0.2) is 51.7 Å². The third-order valence-corrected chi connectivity index (χ3v) is 3.24. The monoisotopic (exact) mass is 227 g/mol. The van der Waals surface area contributed by atoms with E-state index in [1.54, 1.807) is 0 Å². The van der Waals surface area contributed by atoms with E-state index in [2.05, 4.69) is 43.5 Å². The Morgan fingerprint density at radius 2 is 1.88 bits per heavy atom. The summed E-state index contributed by atoms with van der Waals surface area (Å²) in [4.78, 5) is 2.27. The summed E-state index contributed by atoms with van der Waals surface area (Å²) in [6.45, 7) is 10.5. The fraction of sp³-hybridized carbons (Fsp3) is 1.00. The average Bonchev–Trinajstić information content (AvgIpc) is 2.16. The highest BCUT2D eigenvalue weighted by Crippen LogP contribution is 2.15. The van der Waals surface area contributed by atoms with E-state index in [1.165, 1.54) is 32.5 Å². The molecule has 0 amide bonds. The summed E-state index contributed by atoms with van der Waals surface area (Å²) < 4.78 is 0. The van der Waals surface area contributed by atoms with Gasteiger partial charge in [0.2, 0.25) is 0 Å². The summed E-state index contributed by atoms with van der Waals surface area (Å²) in [6.07, 6.45) is 2.67. The molecular formula is C13H29N3. The lowest BCUT2D eigenvalue weighted by atomic mass is 9.92. The van der Waals surface area contributed by atoms with Crippen LogP contribution in [0.15, 0.2) is 0 Å². The Kier molecular flexibility index (Phi) is 5.73. The van der Waals surface area contributed by atoms with Crippen molar-refractivity contribution < 1.29 is 0 Å². The van der Waals surface area contributed by atoms with Gasteiger partial charge < -0.3 is 15.5 Å². The van der Waals surface area contributed by atoms with E-state index < -0.39 is 0 Å². The van der Waals surface area contributed by atoms with Crippen molar-refractivity contribution in [1.82, 2.24) is 15.5 Å². The number of hydrogen-bond donors (Lipinski definition) is 2. The molecule has 0 bridgehead atoms. The van der Waals surface area contributed by atoms with Crippen LogP contribution < -0.4 is 10.6 Å². The molecule has 0 atom stereocenters. The van der Waals surface area contributed by atoms with Crippen molar-refractivity contribution in [2.24, 2.45) is 11.3 Å². The maximum atomic E-state index is 3.65. The molecular weight excluding hydrogens is 198 g/mol. The van der Waals surface area contributed by atoms with Crippen molar-refractivity contribution in [3.8, 4) is 0 Å². The van der Waals surface area contributed by atoms with Crippen molar-refractivity contribution in [2.45, 2.75) is 26.7 Å². The van der Waals surface area contributed by atoms with Crippen molar-refractivity contribution in [3.05, 3.63) is 0 Å². The van der Waals surface area contributed by atoms with Crippen LogP contribution in [-0.2, 0) is 0 Å². The zero-order valence-corrected chi connectivity index (χ0v) is 11.5. The van der Waals surface area contributed by atoms with Gasteiger partial charge in [0.05, 0.1) is 0 Å². The molecule has 0 saturated carbocycles. The Morgan fingerprint density at radius 3 is 2.44 bits per heavy atom. The van der Waals surface area contributed by atoms with Gasteiger partial charge in [0.25, 0.3) is 0 Å². The number of nitrogens with zero attached hydrogens (tertiary/aromatic N) is 1. The molecule has 0 aromatic rings. The normalized spacial score (nSPS) is 19.3. The van der Waals surface area contributed by atoms with Crippen LogP contribution in [0.4, 0.5) is 0 Å². The average molecular weight is 227 g/mol. The maximum Gasteiger partial charge on any atom is 0.00387 e. The van der Waals surface area contributed by atoms with Crippen molar-refractivity contribution in [1.29, 1.82) is 0 Å². The summed E-state index contributed by atoms with van der Waals surface area (Å²) in [6, 6.07) is 0. The van der Waals surface area contributed by atoms with Crippen LogP contribution in [0.1, 0.15) is 26.7 Å². The molecule has 1 rings (SSSR count). The number of hydrogen-bond acceptors (Lipinski definition) is 3. The largest absolute Gasteiger partial charge is 0.317 e. The van der Waals surface area contributed by atoms with Crippen molar-refractivity contribution >= 4 is 0 Å². The van der Waals surface area contributed by atoms with E-state index >= 15 is 0 Å². The van der Waals surface area contributed by atoms with Crippen LogP contribution in [0.5, 0.6) is 0 Å². The van der Waals surface area contributed by atoms with Crippen LogP contribution in [0.3, 0.4) is 0 Å². The molecule has 2 N–H and O–H groups in total. The first kappa shape index (κ1) is 13.9. The van der Waals surface area contributed by atoms with Crippen LogP contribution in [0.25, 0.3) is 0 Å². The van der Waals surface area contributed by atoms with E-state index in [1.807, 2.05) is 0 Å². The SMILES string of the molecule is CN(C)CC(C)(C)CNCC1CCNCC1. The first-order valence-corrected chi connectivity index (χ1v) is 6.56. The van der Waals surface area contributed by atoms with Gasteiger partial charge in [-0.15, -0.1) is 0 Å². The van der Waals surface area contributed by atoms with Crippen LogP contribution in [0.2, 0.25) is 0 Å². The molecule has 1 aliphatic heterocycles. The van der Waals surface area contributed by atoms with Gasteiger partial charge in [-0.05, 0) is 57.9 Å². The summed E-state index contributed by atoms with van der Waals surface area (Å²) in [5.41, 5.74) is 0.371. The molecule has 0 aromatic heterocycles. The molecule has 1 saturated heterocycles. The minimum atomic E-state index is 0.371. The molecule has 0 aliphatic carbocycles. The molecule has 1 aliphatic rings. The summed E-state index contributed by atoms with van der Waals surface area (Å²) in [7, 11) is 4.29. The van der Waals surface area contributed by atoms with Gasteiger partial charge in [-0.2, -0.15) is 0 Å². The predicted octanol–water partition coefficient (Wildman–Crippen LogP) is 1.16.